The molecule has 0 spiro atoms. The third kappa shape index (κ3) is 3.23. The SMILES string of the molecule is Cc1ccc2oc(=O)c3cc(C(=O)NCC4(c5ccccc5)CCCC4)sc3c2c1. The fourth-order valence-electron chi connectivity index (χ4n) is 4.67. The smallest absolute Gasteiger partial charge is 0.345 e. The number of aryl methyl sites for hydroxylation is 1. The van der Waals surface area contributed by atoms with Gasteiger partial charge >= 0.3 is 5.63 Å². The zero-order valence-corrected chi connectivity index (χ0v) is 17.7. The van der Waals surface area contributed by atoms with Crippen LogP contribution < -0.4 is 10.9 Å². The molecule has 5 heteroatoms. The highest BCUT2D eigenvalue weighted by molar-refractivity contribution is 7.21. The summed E-state index contributed by atoms with van der Waals surface area (Å²) < 4.78 is 6.27. The van der Waals surface area contributed by atoms with Crippen molar-refractivity contribution in [2.75, 3.05) is 6.54 Å². The Morgan fingerprint density at radius 2 is 1.83 bits per heavy atom. The van der Waals surface area contributed by atoms with Crippen LogP contribution in [0.4, 0.5) is 0 Å². The number of benzene rings is 2. The van der Waals surface area contributed by atoms with Gasteiger partial charge in [0, 0.05) is 17.3 Å². The Balaban J connectivity index is 1.46. The van der Waals surface area contributed by atoms with E-state index in [9.17, 15) is 9.59 Å². The minimum absolute atomic E-state index is 0.00353. The van der Waals surface area contributed by atoms with E-state index in [0.717, 1.165) is 28.5 Å². The molecule has 1 aliphatic rings. The molecule has 4 aromatic rings. The van der Waals surface area contributed by atoms with Crippen LogP contribution in [-0.4, -0.2) is 12.5 Å². The zero-order chi connectivity index (χ0) is 20.7. The van der Waals surface area contributed by atoms with Crippen LogP contribution >= 0.6 is 11.3 Å². The first kappa shape index (κ1) is 19.1. The molecule has 152 valence electrons. The van der Waals surface area contributed by atoms with Crippen molar-refractivity contribution in [1.29, 1.82) is 0 Å². The van der Waals surface area contributed by atoms with Gasteiger partial charge in [0.2, 0.25) is 0 Å². The number of nitrogens with one attached hydrogen (secondary N) is 1. The van der Waals surface area contributed by atoms with Gasteiger partial charge in [-0.15, -0.1) is 11.3 Å². The number of rotatable bonds is 4. The summed E-state index contributed by atoms with van der Waals surface area (Å²) in [7, 11) is 0. The zero-order valence-electron chi connectivity index (χ0n) is 16.9. The van der Waals surface area contributed by atoms with Crippen molar-refractivity contribution in [3.63, 3.8) is 0 Å². The van der Waals surface area contributed by atoms with Gasteiger partial charge in [-0.1, -0.05) is 54.8 Å². The molecule has 2 aromatic carbocycles. The Labute approximate surface area is 178 Å². The Bertz CT molecular complexity index is 1300. The van der Waals surface area contributed by atoms with E-state index in [1.165, 1.54) is 29.7 Å². The fraction of sp³-hybridized carbons (Fsp3) is 0.280. The predicted molar refractivity (Wildman–Crippen MR) is 122 cm³/mol. The maximum atomic E-state index is 13.0. The number of hydrogen-bond donors (Lipinski definition) is 1. The lowest BCUT2D eigenvalue weighted by Gasteiger charge is -2.30. The lowest BCUT2D eigenvalue weighted by atomic mass is 9.79. The minimum Gasteiger partial charge on any atom is -0.422 e. The lowest BCUT2D eigenvalue weighted by Crippen LogP contribution is -2.38. The summed E-state index contributed by atoms with van der Waals surface area (Å²) in [5.41, 5.74) is 2.54. The Morgan fingerprint density at radius 1 is 1.07 bits per heavy atom. The van der Waals surface area contributed by atoms with Crippen LogP contribution in [-0.2, 0) is 5.41 Å². The van der Waals surface area contributed by atoms with Crippen LogP contribution in [0.15, 0.2) is 63.8 Å². The molecule has 30 heavy (non-hydrogen) atoms. The summed E-state index contributed by atoms with van der Waals surface area (Å²) in [4.78, 5) is 26.0. The summed E-state index contributed by atoms with van der Waals surface area (Å²) in [6, 6.07) is 17.9. The maximum absolute atomic E-state index is 13.0. The van der Waals surface area contributed by atoms with E-state index in [1.54, 1.807) is 6.07 Å². The van der Waals surface area contributed by atoms with Gasteiger partial charge in [-0.2, -0.15) is 0 Å². The standard InChI is InChI=1S/C25H23NO3S/c1-16-9-10-20-18(13-16)22-19(24(28)29-20)14-21(30-22)23(27)26-15-25(11-5-6-12-25)17-7-3-2-4-8-17/h2-4,7-10,13-14H,5-6,11-12,15H2,1H3,(H,26,27). The van der Waals surface area contributed by atoms with Crippen molar-refractivity contribution in [1.82, 2.24) is 5.32 Å². The molecule has 0 saturated heterocycles. The molecule has 0 atom stereocenters. The molecular formula is C25H23NO3S. The van der Waals surface area contributed by atoms with Gasteiger partial charge in [0.05, 0.1) is 15.0 Å². The largest absolute Gasteiger partial charge is 0.422 e. The van der Waals surface area contributed by atoms with Crippen molar-refractivity contribution in [2.24, 2.45) is 0 Å². The molecule has 4 nitrogen and oxygen atoms in total. The van der Waals surface area contributed by atoms with Gasteiger partial charge in [0.1, 0.15) is 5.58 Å². The van der Waals surface area contributed by atoms with Crippen LogP contribution in [0.5, 0.6) is 0 Å². The summed E-state index contributed by atoms with van der Waals surface area (Å²) in [6.45, 7) is 2.61. The topological polar surface area (TPSA) is 59.3 Å². The second kappa shape index (κ2) is 7.40. The monoisotopic (exact) mass is 417 g/mol. The van der Waals surface area contributed by atoms with Gasteiger partial charge in [0.15, 0.2) is 0 Å². The number of amides is 1. The van der Waals surface area contributed by atoms with Gasteiger partial charge in [-0.25, -0.2) is 4.79 Å². The molecule has 0 unspecified atom stereocenters. The van der Waals surface area contributed by atoms with E-state index in [1.807, 2.05) is 31.2 Å². The summed E-state index contributed by atoms with van der Waals surface area (Å²) >= 11 is 1.36. The summed E-state index contributed by atoms with van der Waals surface area (Å²) in [6.07, 6.45) is 4.52. The number of carbonyl (C=O) groups is 1. The van der Waals surface area contributed by atoms with Crippen LogP contribution in [0.25, 0.3) is 21.1 Å². The molecule has 1 saturated carbocycles. The van der Waals surface area contributed by atoms with E-state index in [-0.39, 0.29) is 11.3 Å². The molecule has 5 rings (SSSR count). The Kier molecular flexibility index (Phi) is 4.70. The van der Waals surface area contributed by atoms with Crippen molar-refractivity contribution in [3.05, 3.63) is 81.0 Å². The summed E-state index contributed by atoms with van der Waals surface area (Å²) in [5, 5.41) is 4.51. The second-order valence-electron chi connectivity index (χ2n) is 8.28. The van der Waals surface area contributed by atoms with Crippen LogP contribution in [0.2, 0.25) is 0 Å². The molecule has 0 bridgehead atoms. The van der Waals surface area contributed by atoms with E-state index in [0.29, 0.717) is 22.4 Å². The first-order valence-electron chi connectivity index (χ1n) is 10.4. The molecule has 2 aromatic heterocycles. The highest BCUT2D eigenvalue weighted by Gasteiger charge is 2.36. The average Bonchev–Trinajstić information content (AvgIpc) is 3.42. The lowest BCUT2D eigenvalue weighted by molar-refractivity contribution is 0.0947. The minimum atomic E-state index is -0.395. The van der Waals surface area contributed by atoms with Crippen molar-refractivity contribution in [2.45, 2.75) is 38.0 Å². The van der Waals surface area contributed by atoms with Gasteiger partial charge < -0.3 is 9.73 Å². The molecule has 1 fully saturated rings. The quantitative estimate of drug-likeness (QED) is 0.442. The first-order valence-corrected chi connectivity index (χ1v) is 11.2. The number of hydrogen-bond acceptors (Lipinski definition) is 4. The molecule has 1 N–H and O–H groups in total. The van der Waals surface area contributed by atoms with E-state index in [4.69, 9.17) is 4.42 Å². The van der Waals surface area contributed by atoms with Crippen LogP contribution in [0, 0.1) is 6.92 Å². The third-order valence-corrected chi connectivity index (χ3v) is 7.46. The Hall–Kier alpha value is -2.92. The van der Waals surface area contributed by atoms with Gasteiger partial charge in [0.25, 0.3) is 5.91 Å². The molecule has 1 aliphatic carbocycles. The highest BCUT2D eigenvalue weighted by atomic mass is 32.1. The second-order valence-corrected chi connectivity index (χ2v) is 9.33. The maximum Gasteiger partial charge on any atom is 0.345 e. The van der Waals surface area contributed by atoms with Crippen LogP contribution in [0.3, 0.4) is 0 Å². The third-order valence-electron chi connectivity index (χ3n) is 6.29. The van der Waals surface area contributed by atoms with Crippen LogP contribution in [0.1, 0.15) is 46.5 Å². The highest BCUT2D eigenvalue weighted by Crippen LogP contribution is 2.40. The molecule has 0 radical (unpaired) electrons. The summed E-state index contributed by atoms with van der Waals surface area (Å²) in [5.74, 6) is -0.126. The van der Waals surface area contributed by atoms with Crippen molar-refractivity contribution in [3.8, 4) is 0 Å². The molecule has 2 heterocycles. The molecular weight excluding hydrogens is 394 g/mol. The first-order chi connectivity index (χ1) is 14.6. The Morgan fingerprint density at radius 3 is 2.60 bits per heavy atom. The van der Waals surface area contributed by atoms with Gasteiger partial charge in [-0.3, -0.25) is 4.79 Å². The normalized spacial score (nSPS) is 15.6. The van der Waals surface area contributed by atoms with E-state index in [2.05, 4.69) is 29.6 Å². The van der Waals surface area contributed by atoms with Crippen molar-refractivity contribution >= 4 is 38.3 Å². The molecule has 0 aliphatic heterocycles. The number of fused-ring (bicyclic) bond motifs is 3. The van der Waals surface area contributed by atoms with E-state index < -0.39 is 5.63 Å². The van der Waals surface area contributed by atoms with E-state index >= 15 is 0 Å². The predicted octanol–water partition coefficient (Wildman–Crippen LogP) is 5.56. The fourth-order valence-corrected chi connectivity index (χ4v) is 5.75. The van der Waals surface area contributed by atoms with Gasteiger partial charge in [-0.05, 0) is 43.5 Å². The molecule has 1 amide bonds. The number of thiophene rings is 1. The number of carbonyl (C=O) groups excluding carboxylic acids is 1. The average molecular weight is 418 g/mol. The van der Waals surface area contributed by atoms with Crippen molar-refractivity contribution < 1.29 is 9.21 Å².